The maximum absolute atomic E-state index is 13.3. The summed E-state index contributed by atoms with van der Waals surface area (Å²) in [6.45, 7) is 8.09. The van der Waals surface area contributed by atoms with Crippen molar-refractivity contribution in [1.29, 1.82) is 0 Å². The summed E-state index contributed by atoms with van der Waals surface area (Å²) in [5.41, 5.74) is 2.96. The molecule has 4 aliphatic heterocycles. The SMILES string of the molecule is O=C(/C=C/c1cccnc1)NCCCCC1CCN(C(=O)c2ccc(N3CCN(CCCCCCCCOc4cccc5c4CN(C4CCC(=O)NC4=O)C5=O)CC3)nc2)CC1. The van der Waals surface area contributed by atoms with Crippen molar-refractivity contribution in [3.8, 4) is 5.75 Å². The summed E-state index contributed by atoms with van der Waals surface area (Å²) in [4.78, 5) is 79.6. The molecule has 2 N–H and O–H groups in total. The molecule has 62 heavy (non-hydrogen) atoms. The Bertz CT molecular complexity index is 2010. The Hall–Kier alpha value is -5.63. The lowest BCUT2D eigenvalue weighted by Crippen LogP contribution is -2.52. The number of rotatable bonds is 20. The van der Waals surface area contributed by atoms with Gasteiger partial charge in [-0.05, 0) is 93.0 Å². The van der Waals surface area contributed by atoms with Crippen molar-refractivity contribution in [3.05, 3.63) is 89.4 Å². The predicted molar refractivity (Wildman–Crippen MR) is 237 cm³/mol. The van der Waals surface area contributed by atoms with Crippen LogP contribution in [0.25, 0.3) is 6.08 Å². The molecule has 0 aliphatic carbocycles. The lowest BCUT2D eigenvalue weighted by Gasteiger charge is -2.35. The van der Waals surface area contributed by atoms with Crippen LogP contribution in [-0.2, 0) is 20.9 Å². The number of likely N-dealkylation sites (tertiary alicyclic amines) is 1. The number of benzene rings is 1. The topological polar surface area (TPSA) is 157 Å². The standard InChI is InChI=1S/C48H62N8O6/c57-44(19-15-37-12-10-23-49-33-37)50-24-6-5-11-36-21-26-55(27-22-36)47(60)38-16-18-43(51-34-38)54-30-28-53(29-31-54)25-7-3-1-2-4-8-32-62-42-14-9-13-39-40(42)35-56(48(39)61)41-17-20-45(58)52-46(41)59/h9-10,12-16,18-19,23,33-34,36,41H,1-8,11,17,20-22,24-32,35H2,(H,50,57)(H,52,58,59)/b19-15+. The number of piperidine rings is 2. The third-order valence-electron chi connectivity index (χ3n) is 12.7. The van der Waals surface area contributed by atoms with Crippen LogP contribution in [0.4, 0.5) is 5.82 Å². The van der Waals surface area contributed by atoms with Gasteiger partial charge in [0, 0.05) is 88.0 Å². The summed E-state index contributed by atoms with van der Waals surface area (Å²) in [5.74, 6) is 1.35. The smallest absolute Gasteiger partial charge is 0.255 e. The summed E-state index contributed by atoms with van der Waals surface area (Å²) in [6, 6.07) is 12.6. The minimum Gasteiger partial charge on any atom is -0.493 e. The van der Waals surface area contributed by atoms with Crippen LogP contribution >= 0.6 is 0 Å². The van der Waals surface area contributed by atoms with E-state index < -0.39 is 11.9 Å². The van der Waals surface area contributed by atoms with E-state index >= 15 is 0 Å². The van der Waals surface area contributed by atoms with Crippen LogP contribution in [-0.4, -0.2) is 119 Å². The van der Waals surface area contributed by atoms with Crippen molar-refractivity contribution in [3.63, 3.8) is 0 Å². The number of hydrogen-bond acceptors (Lipinski definition) is 10. The van der Waals surface area contributed by atoms with Crippen molar-refractivity contribution in [2.75, 3.05) is 63.9 Å². The Morgan fingerprint density at radius 2 is 1.65 bits per heavy atom. The van der Waals surface area contributed by atoms with Crippen LogP contribution in [0.5, 0.6) is 5.75 Å². The van der Waals surface area contributed by atoms with Crippen LogP contribution in [0.15, 0.2) is 67.1 Å². The van der Waals surface area contributed by atoms with Gasteiger partial charge in [0.15, 0.2) is 0 Å². The van der Waals surface area contributed by atoms with E-state index in [2.05, 4.69) is 25.4 Å². The fourth-order valence-electron chi connectivity index (χ4n) is 9.00. The monoisotopic (exact) mass is 846 g/mol. The second-order valence-electron chi connectivity index (χ2n) is 17.0. The van der Waals surface area contributed by atoms with E-state index in [9.17, 15) is 24.0 Å². The number of fused-ring (bicyclic) bond motifs is 1. The molecule has 1 unspecified atom stereocenters. The second kappa shape index (κ2) is 22.5. The van der Waals surface area contributed by atoms with Gasteiger partial charge in [0.25, 0.3) is 11.8 Å². The van der Waals surface area contributed by atoms with E-state index in [1.165, 1.54) is 19.3 Å². The first-order valence-electron chi connectivity index (χ1n) is 22.8. The maximum atomic E-state index is 13.3. The molecule has 7 rings (SSSR count). The van der Waals surface area contributed by atoms with Gasteiger partial charge >= 0.3 is 0 Å². The molecule has 0 spiro atoms. The number of pyridine rings is 2. The van der Waals surface area contributed by atoms with E-state index in [0.29, 0.717) is 48.9 Å². The number of aromatic nitrogens is 2. The fourth-order valence-corrected chi connectivity index (χ4v) is 9.00. The first-order chi connectivity index (χ1) is 30.3. The minimum atomic E-state index is -0.628. The van der Waals surface area contributed by atoms with E-state index in [0.717, 1.165) is 114 Å². The quantitative estimate of drug-likeness (QED) is 0.0830. The number of ether oxygens (including phenoxy) is 1. The summed E-state index contributed by atoms with van der Waals surface area (Å²) >= 11 is 0. The first-order valence-corrected chi connectivity index (χ1v) is 22.8. The van der Waals surface area contributed by atoms with Gasteiger partial charge in [0.2, 0.25) is 17.7 Å². The van der Waals surface area contributed by atoms with Crippen LogP contribution in [0, 0.1) is 5.92 Å². The van der Waals surface area contributed by atoms with Crippen molar-refractivity contribution in [2.24, 2.45) is 5.92 Å². The highest BCUT2D eigenvalue weighted by Gasteiger charge is 2.40. The molecule has 4 aliphatic rings. The highest BCUT2D eigenvalue weighted by atomic mass is 16.5. The van der Waals surface area contributed by atoms with Gasteiger partial charge in [0.1, 0.15) is 17.6 Å². The van der Waals surface area contributed by atoms with E-state index in [4.69, 9.17) is 9.72 Å². The molecule has 5 amide bonds. The molecule has 3 saturated heterocycles. The Balaban J connectivity index is 0.700. The van der Waals surface area contributed by atoms with E-state index in [-0.39, 0.29) is 30.0 Å². The molecular formula is C48H62N8O6. The number of piperazine rings is 1. The fraction of sp³-hybridized carbons (Fsp3) is 0.521. The van der Waals surface area contributed by atoms with Gasteiger partial charge in [-0.2, -0.15) is 0 Å². The van der Waals surface area contributed by atoms with E-state index in [1.807, 2.05) is 41.3 Å². The second-order valence-corrected chi connectivity index (χ2v) is 17.0. The van der Waals surface area contributed by atoms with Crippen LogP contribution in [0.3, 0.4) is 0 Å². The average Bonchev–Trinajstić information content (AvgIpc) is 3.64. The highest BCUT2D eigenvalue weighted by Crippen LogP contribution is 2.34. The van der Waals surface area contributed by atoms with Crippen LogP contribution < -0.4 is 20.3 Å². The predicted octanol–water partition coefficient (Wildman–Crippen LogP) is 5.63. The van der Waals surface area contributed by atoms with Gasteiger partial charge < -0.3 is 24.8 Å². The molecule has 1 atom stereocenters. The molecule has 14 nitrogen and oxygen atoms in total. The third kappa shape index (κ3) is 12.3. The Labute approximate surface area is 365 Å². The zero-order valence-electron chi connectivity index (χ0n) is 36.0. The van der Waals surface area contributed by atoms with Crippen molar-refractivity contribution < 1.29 is 28.7 Å². The summed E-state index contributed by atoms with van der Waals surface area (Å²) in [6.07, 6.45) is 21.0. The molecule has 3 fully saturated rings. The van der Waals surface area contributed by atoms with Gasteiger partial charge in [-0.1, -0.05) is 50.7 Å². The largest absolute Gasteiger partial charge is 0.493 e. The van der Waals surface area contributed by atoms with Crippen molar-refractivity contribution in [1.82, 2.24) is 35.3 Å². The summed E-state index contributed by atoms with van der Waals surface area (Å²) in [5, 5.41) is 5.32. The number of carbonyl (C=O) groups is 5. The molecule has 0 bridgehead atoms. The molecule has 1 aromatic carbocycles. The number of imide groups is 1. The van der Waals surface area contributed by atoms with Gasteiger partial charge in [0.05, 0.1) is 18.7 Å². The normalized spacial score (nSPS) is 18.6. The molecule has 0 radical (unpaired) electrons. The Morgan fingerprint density at radius 1 is 0.839 bits per heavy atom. The Morgan fingerprint density at radius 3 is 2.40 bits per heavy atom. The summed E-state index contributed by atoms with van der Waals surface area (Å²) < 4.78 is 6.12. The minimum absolute atomic E-state index is 0.0677. The van der Waals surface area contributed by atoms with Gasteiger partial charge in [-0.15, -0.1) is 0 Å². The number of unbranched alkanes of at least 4 members (excludes halogenated alkanes) is 6. The molecular weight excluding hydrogens is 785 g/mol. The number of anilines is 1. The Kier molecular flexibility index (Phi) is 16.1. The first kappa shape index (κ1) is 44.4. The van der Waals surface area contributed by atoms with Crippen molar-refractivity contribution in [2.45, 2.75) is 96.1 Å². The number of nitrogens with one attached hydrogen (secondary N) is 2. The van der Waals surface area contributed by atoms with Crippen LogP contribution in [0.1, 0.15) is 115 Å². The van der Waals surface area contributed by atoms with Gasteiger partial charge in [-0.3, -0.25) is 39.2 Å². The number of amides is 5. The number of carbonyl (C=O) groups excluding carboxylic acids is 5. The molecule has 3 aromatic rings. The van der Waals surface area contributed by atoms with Crippen LogP contribution in [0.2, 0.25) is 0 Å². The van der Waals surface area contributed by atoms with E-state index in [1.54, 1.807) is 41.7 Å². The van der Waals surface area contributed by atoms with Gasteiger partial charge in [-0.25, -0.2) is 4.98 Å². The molecule has 14 heteroatoms. The molecule has 6 heterocycles. The lowest BCUT2D eigenvalue weighted by atomic mass is 9.91. The molecule has 330 valence electrons. The zero-order chi connectivity index (χ0) is 43.1. The lowest BCUT2D eigenvalue weighted by molar-refractivity contribution is -0.137. The molecule has 0 saturated carbocycles. The number of nitrogens with zero attached hydrogens (tertiary/aromatic N) is 6. The zero-order valence-corrected chi connectivity index (χ0v) is 36.0. The molecule has 2 aromatic heterocycles. The average molecular weight is 847 g/mol. The summed E-state index contributed by atoms with van der Waals surface area (Å²) in [7, 11) is 0. The van der Waals surface area contributed by atoms with Crippen molar-refractivity contribution >= 4 is 41.4 Å². The third-order valence-corrected chi connectivity index (χ3v) is 12.7. The number of hydrogen-bond donors (Lipinski definition) is 2. The highest BCUT2D eigenvalue weighted by molar-refractivity contribution is 6.05. The maximum Gasteiger partial charge on any atom is 0.255 e.